The van der Waals surface area contributed by atoms with E-state index in [1.165, 1.54) is 18.2 Å². The van der Waals surface area contributed by atoms with Gasteiger partial charge in [-0.3, -0.25) is 4.79 Å². The van der Waals surface area contributed by atoms with E-state index < -0.39 is 17.6 Å². The molecular weight excluding hydrogens is 339 g/mol. The van der Waals surface area contributed by atoms with Crippen molar-refractivity contribution in [2.45, 2.75) is 73.0 Å². The van der Waals surface area contributed by atoms with Crippen LogP contribution in [0.4, 0.5) is 13.2 Å². The Bertz CT molecular complexity index is 612. The van der Waals surface area contributed by atoms with E-state index in [2.05, 4.69) is 33.0 Å². The van der Waals surface area contributed by atoms with Gasteiger partial charge in [-0.2, -0.15) is 13.2 Å². The van der Waals surface area contributed by atoms with Gasteiger partial charge in [0.15, 0.2) is 0 Å². The molecule has 26 heavy (non-hydrogen) atoms. The highest BCUT2D eigenvalue weighted by atomic mass is 19.4. The van der Waals surface area contributed by atoms with E-state index in [0.717, 1.165) is 31.7 Å². The summed E-state index contributed by atoms with van der Waals surface area (Å²) in [5, 5.41) is 2.93. The van der Waals surface area contributed by atoms with Gasteiger partial charge in [0.2, 0.25) is 0 Å². The zero-order valence-electron chi connectivity index (χ0n) is 15.4. The molecule has 2 nitrogen and oxygen atoms in total. The monoisotopic (exact) mass is 371 g/mol. The highest BCUT2D eigenvalue weighted by Crippen LogP contribution is 2.50. The quantitative estimate of drug-likeness (QED) is 0.645. The summed E-state index contributed by atoms with van der Waals surface area (Å²) in [6.07, 6.45) is -0.761. The summed E-state index contributed by atoms with van der Waals surface area (Å²) in [7, 11) is 0. The number of rotatable bonds is 5. The molecule has 0 bridgehead atoms. The van der Waals surface area contributed by atoms with Gasteiger partial charge in [0, 0.05) is 6.04 Å². The Labute approximate surface area is 155 Å². The van der Waals surface area contributed by atoms with Crippen LogP contribution in [0.25, 0.3) is 0 Å². The zero-order valence-corrected chi connectivity index (χ0v) is 15.4. The van der Waals surface area contributed by atoms with Crippen LogP contribution in [0.15, 0.2) is 24.3 Å². The number of hydrogen-bond donors (Lipinski definition) is 1. The molecule has 1 aromatic rings. The standard InChI is InChI=1S/C20H28F3NO.CH4/c1-5-12-19(4)15(13(2)3)10-11-17(19)24-18(25)14-8-6-7-9-16(14)20(21,22)23;/h6-9,13,15,17H,5,10-12H2,1-4H3,(H,24,25);1H4. The average Bonchev–Trinajstić information content (AvgIpc) is 2.83. The van der Waals surface area contributed by atoms with Gasteiger partial charge in [0.1, 0.15) is 0 Å². The first-order valence-corrected chi connectivity index (χ1v) is 9.08. The minimum absolute atomic E-state index is 0. The Balaban J connectivity index is 0.00000338. The van der Waals surface area contributed by atoms with Crippen LogP contribution < -0.4 is 5.32 Å². The third-order valence-corrected chi connectivity index (χ3v) is 5.79. The zero-order chi connectivity index (χ0) is 18.8. The van der Waals surface area contributed by atoms with Crippen molar-refractivity contribution in [1.82, 2.24) is 5.32 Å². The Morgan fingerprint density at radius 2 is 1.88 bits per heavy atom. The molecule has 0 aromatic heterocycles. The Morgan fingerprint density at radius 1 is 1.27 bits per heavy atom. The topological polar surface area (TPSA) is 29.1 Å². The first-order valence-electron chi connectivity index (χ1n) is 9.08. The molecule has 5 heteroatoms. The number of benzene rings is 1. The number of hydrogen-bond acceptors (Lipinski definition) is 1. The fourth-order valence-electron chi connectivity index (χ4n) is 4.66. The second kappa shape index (κ2) is 8.45. The maximum atomic E-state index is 13.2. The fraction of sp³-hybridized carbons (Fsp3) is 0.667. The van der Waals surface area contributed by atoms with Gasteiger partial charge >= 0.3 is 6.18 Å². The van der Waals surface area contributed by atoms with Crippen LogP contribution >= 0.6 is 0 Å². The minimum Gasteiger partial charge on any atom is -0.349 e. The molecular formula is C21H32F3NO. The lowest BCUT2D eigenvalue weighted by atomic mass is 9.69. The SMILES string of the molecule is C.CCCC1(C)C(NC(=O)c2ccccc2C(F)(F)F)CCC1C(C)C. The number of alkyl halides is 3. The van der Waals surface area contributed by atoms with Gasteiger partial charge in [-0.15, -0.1) is 0 Å². The number of halogens is 3. The van der Waals surface area contributed by atoms with Crippen LogP contribution in [0, 0.1) is 17.3 Å². The molecule has 0 aliphatic heterocycles. The molecule has 0 saturated heterocycles. The summed E-state index contributed by atoms with van der Waals surface area (Å²) < 4.78 is 39.5. The predicted octanol–water partition coefficient (Wildman–Crippen LogP) is 6.31. The molecule has 3 unspecified atom stereocenters. The first kappa shape index (κ1) is 22.5. The van der Waals surface area contributed by atoms with E-state index in [4.69, 9.17) is 0 Å². The predicted molar refractivity (Wildman–Crippen MR) is 100 cm³/mol. The fourth-order valence-corrected chi connectivity index (χ4v) is 4.66. The van der Waals surface area contributed by atoms with E-state index in [1.807, 2.05) is 0 Å². The van der Waals surface area contributed by atoms with Gasteiger partial charge < -0.3 is 5.32 Å². The Hall–Kier alpha value is -1.52. The summed E-state index contributed by atoms with van der Waals surface area (Å²) in [5.74, 6) is 0.334. The van der Waals surface area contributed by atoms with Crippen LogP contribution in [0.3, 0.4) is 0 Å². The Morgan fingerprint density at radius 3 is 2.42 bits per heavy atom. The molecule has 1 fully saturated rings. The molecule has 3 atom stereocenters. The molecule has 1 aromatic carbocycles. The Kier molecular flexibility index (Phi) is 7.32. The number of carbonyl (C=O) groups excluding carboxylic acids is 1. The van der Waals surface area contributed by atoms with E-state index in [1.54, 1.807) is 0 Å². The molecule has 0 radical (unpaired) electrons. The van der Waals surface area contributed by atoms with Gasteiger partial charge in [0.25, 0.3) is 5.91 Å². The molecule has 1 aliphatic rings. The van der Waals surface area contributed by atoms with Crippen molar-refractivity contribution in [3.05, 3.63) is 35.4 Å². The third kappa shape index (κ3) is 4.41. The van der Waals surface area contributed by atoms with Crippen molar-refractivity contribution in [2.24, 2.45) is 17.3 Å². The summed E-state index contributed by atoms with van der Waals surface area (Å²) in [5.41, 5.74) is -1.24. The van der Waals surface area contributed by atoms with Crippen molar-refractivity contribution in [2.75, 3.05) is 0 Å². The first-order chi connectivity index (χ1) is 11.6. The molecule has 1 N–H and O–H groups in total. The van der Waals surface area contributed by atoms with Crippen LogP contribution in [0.2, 0.25) is 0 Å². The van der Waals surface area contributed by atoms with Crippen LogP contribution in [-0.2, 0) is 6.18 Å². The van der Waals surface area contributed by atoms with Gasteiger partial charge in [-0.05, 0) is 48.6 Å². The van der Waals surface area contributed by atoms with Crippen molar-refractivity contribution < 1.29 is 18.0 Å². The highest BCUT2D eigenvalue weighted by molar-refractivity contribution is 5.96. The van der Waals surface area contributed by atoms with Crippen LogP contribution in [0.5, 0.6) is 0 Å². The smallest absolute Gasteiger partial charge is 0.349 e. The highest BCUT2D eigenvalue weighted by Gasteiger charge is 2.47. The molecule has 1 aliphatic carbocycles. The summed E-state index contributed by atoms with van der Waals surface area (Å²) >= 11 is 0. The molecule has 148 valence electrons. The number of nitrogens with one attached hydrogen (secondary N) is 1. The van der Waals surface area contributed by atoms with Gasteiger partial charge in [-0.1, -0.05) is 53.7 Å². The molecule has 0 heterocycles. The average molecular weight is 371 g/mol. The number of carbonyl (C=O) groups is 1. The van der Waals surface area contributed by atoms with Crippen molar-refractivity contribution >= 4 is 5.91 Å². The summed E-state index contributed by atoms with van der Waals surface area (Å²) in [4.78, 5) is 12.6. The van der Waals surface area contributed by atoms with E-state index >= 15 is 0 Å². The van der Waals surface area contributed by atoms with Crippen LogP contribution in [-0.4, -0.2) is 11.9 Å². The molecule has 1 amide bonds. The minimum atomic E-state index is -4.53. The van der Waals surface area contributed by atoms with E-state index in [0.29, 0.717) is 11.8 Å². The number of amides is 1. The van der Waals surface area contributed by atoms with Crippen molar-refractivity contribution in [1.29, 1.82) is 0 Å². The third-order valence-electron chi connectivity index (χ3n) is 5.79. The molecule has 0 spiro atoms. The second-order valence-electron chi connectivity index (χ2n) is 7.75. The maximum absolute atomic E-state index is 13.2. The van der Waals surface area contributed by atoms with Gasteiger partial charge in [-0.25, -0.2) is 0 Å². The summed E-state index contributed by atoms with van der Waals surface area (Å²) in [6, 6.07) is 4.91. The lowest BCUT2D eigenvalue weighted by Gasteiger charge is -2.39. The normalized spacial score (nSPS) is 25.8. The largest absolute Gasteiger partial charge is 0.417 e. The lowest BCUT2D eigenvalue weighted by molar-refractivity contribution is -0.137. The lowest BCUT2D eigenvalue weighted by Crippen LogP contribution is -2.46. The van der Waals surface area contributed by atoms with E-state index in [9.17, 15) is 18.0 Å². The molecule has 1 saturated carbocycles. The van der Waals surface area contributed by atoms with Crippen molar-refractivity contribution in [3.8, 4) is 0 Å². The molecule has 2 rings (SSSR count). The maximum Gasteiger partial charge on any atom is 0.417 e. The van der Waals surface area contributed by atoms with Crippen molar-refractivity contribution in [3.63, 3.8) is 0 Å². The van der Waals surface area contributed by atoms with Gasteiger partial charge in [0.05, 0.1) is 11.1 Å². The summed E-state index contributed by atoms with van der Waals surface area (Å²) in [6.45, 7) is 8.65. The van der Waals surface area contributed by atoms with E-state index in [-0.39, 0.29) is 24.4 Å². The van der Waals surface area contributed by atoms with Crippen LogP contribution in [0.1, 0.15) is 76.7 Å². The second-order valence-corrected chi connectivity index (χ2v) is 7.75.